The maximum absolute atomic E-state index is 11.0. The Morgan fingerprint density at radius 2 is 1.93 bits per heavy atom. The predicted molar refractivity (Wildman–Crippen MR) is 57.2 cm³/mol. The Labute approximate surface area is 88.5 Å². The van der Waals surface area contributed by atoms with Crippen molar-refractivity contribution < 1.29 is 9.90 Å². The molecule has 0 atom stereocenters. The molecule has 0 spiro atoms. The van der Waals surface area contributed by atoms with Crippen LogP contribution in [-0.4, -0.2) is 11.1 Å². The first-order valence-electron chi connectivity index (χ1n) is 4.38. The van der Waals surface area contributed by atoms with Crippen molar-refractivity contribution in [3.05, 3.63) is 33.9 Å². The molecule has 76 valence electrons. The lowest BCUT2D eigenvalue weighted by atomic mass is 9.94. The standard InChI is InChI=1S/C11H13ClO2/c1-6-4-7(2)10(11(13)14)8(3)9(6)5-12/h4H,5H2,1-3H3,(H,13,14). The Morgan fingerprint density at radius 1 is 1.36 bits per heavy atom. The molecule has 0 aliphatic rings. The molecule has 0 saturated heterocycles. The van der Waals surface area contributed by atoms with E-state index >= 15 is 0 Å². The lowest BCUT2D eigenvalue weighted by molar-refractivity contribution is 0.0695. The Bertz CT molecular complexity index is 383. The smallest absolute Gasteiger partial charge is 0.336 e. The molecule has 1 rings (SSSR count). The fraction of sp³-hybridized carbons (Fsp3) is 0.364. The largest absolute Gasteiger partial charge is 0.478 e. The highest BCUT2D eigenvalue weighted by molar-refractivity contribution is 6.17. The van der Waals surface area contributed by atoms with Crippen LogP contribution < -0.4 is 0 Å². The van der Waals surface area contributed by atoms with E-state index in [9.17, 15) is 4.79 Å². The minimum Gasteiger partial charge on any atom is -0.478 e. The van der Waals surface area contributed by atoms with Gasteiger partial charge in [0.2, 0.25) is 0 Å². The number of carboxylic acids is 1. The molecule has 0 aliphatic carbocycles. The monoisotopic (exact) mass is 212 g/mol. The van der Waals surface area contributed by atoms with Crippen LogP contribution in [0, 0.1) is 20.8 Å². The van der Waals surface area contributed by atoms with Crippen molar-refractivity contribution in [3.8, 4) is 0 Å². The summed E-state index contributed by atoms with van der Waals surface area (Å²) in [6.45, 7) is 5.56. The van der Waals surface area contributed by atoms with Crippen LogP contribution in [0.4, 0.5) is 0 Å². The van der Waals surface area contributed by atoms with Crippen LogP contribution in [0.15, 0.2) is 6.07 Å². The molecule has 0 saturated carbocycles. The van der Waals surface area contributed by atoms with E-state index in [-0.39, 0.29) is 0 Å². The van der Waals surface area contributed by atoms with Crippen molar-refractivity contribution in [3.63, 3.8) is 0 Å². The van der Waals surface area contributed by atoms with Gasteiger partial charge in [-0.3, -0.25) is 0 Å². The summed E-state index contributed by atoms with van der Waals surface area (Å²) >= 11 is 5.77. The summed E-state index contributed by atoms with van der Waals surface area (Å²) < 4.78 is 0. The van der Waals surface area contributed by atoms with Gasteiger partial charge in [-0.25, -0.2) is 4.79 Å². The van der Waals surface area contributed by atoms with Gasteiger partial charge in [0, 0.05) is 5.88 Å². The summed E-state index contributed by atoms with van der Waals surface area (Å²) in [5.74, 6) is -0.524. The molecule has 0 aromatic heterocycles. The molecule has 0 heterocycles. The Balaban J connectivity index is 3.52. The summed E-state index contributed by atoms with van der Waals surface area (Å²) in [6.07, 6.45) is 0. The topological polar surface area (TPSA) is 37.3 Å². The van der Waals surface area contributed by atoms with Crippen LogP contribution in [0.3, 0.4) is 0 Å². The first-order valence-corrected chi connectivity index (χ1v) is 4.91. The SMILES string of the molecule is Cc1cc(C)c(C(=O)O)c(C)c1CCl. The molecule has 1 aromatic carbocycles. The average molecular weight is 213 g/mol. The van der Waals surface area contributed by atoms with Crippen molar-refractivity contribution in [1.82, 2.24) is 0 Å². The van der Waals surface area contributed by atoms with Gasteiger partial charge in [0.15, 0.2) is 0 Å². The molecule has 1 aromatic rings. The van der Waals surface area contributed by atoms with Gasteiger partial charge < -0.3 is 5.11 Å². The van der Waals surface area contributed by atoms with Crippen LogP contribution in [0.1, 0.15) is 32.6 Å². The Kier molecular flexibility index (Phi) is 3.17. The second kappa shape index (κ2) is 4.01. The lowest BCUT2D eigenvalue weighted by Gasteiger charge is -2.12. The van der Waals surface area contributed by atoms with Gasteiger partial charge >= 0.3 is 5.97 Å². The van der Waals surface area contributed by atoms with Crippen molar-refractivity contribution in [1.29, 1.82) is 0 Å². The Hall–Kier alpha value is -1.02. The number of aryl methyl sites for hydroxylation is 2. The van der Waals surface area contributed by atoms with Gasteiger partial charge in [0.25, 0.3) is 0 Å². The fourth-order valence-electron chi connectivity index (χ4n) is 1.76. The predicted octanol–water partition coefficient (Wildman–Crippen LogP) is 3.05. The molecule has 2 nitrogen and oxygen atoms in total. The molecular formula is C11H13ClO2. The van der Waals surface area contributed by atoms with Crippen LogP contribution in [0.25, 0.3) is 0 Å². The molecule has 0 bridgehead atoms. The first kappa shape index (κ1) is 11.1. The van der Waals surface area contributed by atoms with E-state index in [4.69, 9.17) is 16.7 Å². The minimum atomic E-state index is -0.883. The zero-order valence-electron chi connectivity index (χ0n) is 8.52. The third-order valence-corrected chi connectivity index (χ3v) is 2.75. The van der Waals surface area contributed by atoms with Gasteiger partial charge in [0.05, 0.1) is 5.56 Å². The quantitative estimate of drug-likeness (QED) is 0.766. The number of carbonyl (C=O) groups is 1. The number of hydrogen-bond donors (Lipinski definition) is 1. The van der Waals surface area contributed by atoms with Crippen LogP contribution >= 0.6 is 11.6 Å². The summed E-state index contributed by atoms with van der Waals surface area (Å²) in [7, 11) is 0. The zero-order chi connectivity index (χ0) is 10.9. The van der Waals surface area contributed by atoms with Gasteiger partial charge in [-0.1, -0.05) is 6.07 Å². The minimum absolute atomic E-state index is 0.359. The van der Waals surface area contributed by atoms with E-state index in [1.54, 1.807) is 6.92 Å². The number of benzene rings is 1. The first-order chi connectivity index (χ1) is 6.49. The molecule has 0 fully saturated rings. The summed E-state index contributed by atoms with van der Waals surface area (Å²) in [5.41, 5.74) is 3.94. The molecule has 1 N–H and O–H groups in total. The third kappa shape index (κ3) is 1.75. The van der Waals surface area contributed by atoms with Gasteiger partial charge in [-0.2, -0.15) is 0 Å². The third-order valence-electron chi connectivity index (χ3n) is 2.48. The number of carboxylic acid groups (broad SMARTS) is 1. The number of aromatic carboxylic acids is 1. The highest BCUT2D eigenvalue weighted by Crippen LogP contribution is 2.23. The van der Waals surface area contributed by atoms with E-state index in [0.29, 0.717) is 11.4 Å². The summed E-state index contributed by atoms with van der Waals surface area (Å²) in [5, 5.41) is 9.01. The second-order valence-corrected chi connectivity index (χ2v) is 3.69. The van der Waals surface area contributed by atoms with E-state index in [1.165, 1.54) is 0 Å². The van der Waals surface area contributed by atoms with Crippen molar-refractivity contribution >= 4 is 17.6 Å². The van der Waals surface area contributed by atoms with Gasteiger partial charge in [0.1, 0.15) is 0 Å². The zero-order valence-corrected chi connectivity index (χ0v) is 9.27. The van der Waals surface area contributed by atoms with Gasteiger partial charge in [-0.05, 0) is 43.0 Å². The van der Waals surface area contributed by atoms with E-state index in [0.717, 1.165) is 22.3 Å². The van der Waals surface area contributed by atoms with Crippen LogP contribution in [0.5, 0.6) is 0 Å². The molecule has 0 amide bonds. The van der Waals surface area contributed by atoms with E-state index in [1.807, 2.05) is 19.9 Å². The maximum Gasteiger partial charge on any atom is 0.336 e. The van der Waals surface area contributed by atoms with E-state index < -0.39 is 5.97 Å². The highest BCUT2D eigenvalue weighted by Gasteiger charge is 2.15. The molecule has 0 aliphatic heterocycles. The summed E-state index contributed by atoms with van der Waals surface area (Å²) in [4.78, 5) is 11.0. The average Bonchev–Trinajstić information content (AvgIpc) is 2.02. The fourth-order valence-corrected chi connectivity index (χ4v) is 2.17. The number of halogens is 1. The maximum atomic E-state index is 11.0. The summed E-state index contributed by atoms with van der Waals surface area (Å²) in [6, 6.07) is 1.87. The lowest BCUT2D eigenvalue weighted by Crippen LogP contribution is -2.06. The number of hydrogen-bond acceptors (Lipinski definition) is 1. The van der Waals surface area contributed by atoms with Crippen LogP contribution in [0.2, 0.25) is 0 Å². The number of alkyl halides is 1. The Morgan fingerprint density at radius 3 is 2.36 bits per heavy atom. The molecule has 3 heteroatoms. The second-order valence-electron chi connectivity index (χ2n) is 3.43. The normalized spacial score (nSPS) is 10.3. The van der Waals surface area contributed by atoms with Crippen molar-refractivity contribution in [2.45, 2.75) is 26.7 Å². The van der Waals surface area contributed by atoms with E-state index in [2.05, 4.69) is 0 Å². The van der Waals surface area contributed by atoms with Crippen molar-refractivity contribution in [2.24, 2.45) is 0 Å². The number of rotatable bonds is 2. The van der Waals surface area contributed by atoms with Gasteiger partial charge in [-0.15, -0.1) is 11.6 Å². The molecule has 0 radical (unpaired) electrons. The van der Waals surface area contributed by atoms with Crippen LogP contribution in [-0.2, 0) is 5.88 Å². The molecular weight excluding hydrogens is 200 g/mol. The highest BCUT2D eigenvalue weighted by atomic mass is 35.5. The molecule has 14 heavy (non-hydrogen) atoms. The molecule has 0 unspecified atom stereocenters. The van der Waals surface area contributed by atoms with Crippen molar-refractivity contribution in [2.75, 3.05) is 0 Å².